The second-order valence-electron chi connectivity index (χ2n) is 15.7. The maximum atomic E-state index is 14.5. The number of ketones is 1. The molecule has 5 aliphatic rings. The highest BCUT2D eigenvalue weighted by Crippen LogP contribution is 2.73. The van der Waals surface area contributed by atoms with Gasteiger partial charge in [-0.2, -0.15) is 8.78 Å². The zero-order valence-electron chi connectivity index (χ0n) is 24.9. The van der Waals surface area contributed by atoms with Gasteiger partial charge in [0.15, 0.2) is 11.5 Å². The Morgan fingerprint density at radius 3 is 2.45 bits per heavy atom. The third kappa shape index (κ3) is 3.49. The number of allylic oxidation sites excluding steroid dienone is 2. The Morgan fingerprint density at radius 2 is 1.77 bits per heavy atom. The number of rotatable bonds is 2. The molecule has 1 aromatic rings. The van der Waals surface area contributed by atoms with E-state index in [-0.39, 0.29) is 34.4 Å². The lowest BCUT2D eigenvalue weighted by atomic mass is 9.35. The SMILES string of the molecule is CC1(C)CC[C@]2(NC(=O)C(C)(F)F)CC[C@]3(C)[C@H](C(=O)C=C4[C@@]5(C)Cc6cnoc6[C@@](C)(O)[C@@H]5CC[C@]43C)[C@@H]2C1. The van der Waals surface area contributed by atoms with E-state index in [9.17, 15) is 23.5 Å². The molecular formula is C32H44F2N2O4. The van der Waals surface area contributed by atoms with Crippen molar-refractivity contribution >= 4 is 11.7 Å². The molecule has 0 aromatic carbocycles. The van der Waals surface area contributed by atoms with Crippen LogP contribution in [0.2, 0.25) is 0 Å². The molecule has 40 heavy (non-hydrogen) atoms. The molecule has 1 aromatic heterocycles. The Labute approximate surface area is 235 Å². The van der Waals surface area contributed by atoms with Crippen LogP contribution in [0.5, 0.6) is 0 Å². The molecule has 6 rings (SSSR count). The molecule has 220 valence electrons. The summed E-state index contributed by atoms with van der Waals surface area (Å²) in [5.41, 5.74) is -1.30. The molecule has 3 saturated carbocycles. The van der Waals surface area contributed by atoms with Gasteiger partial charge in [0.1, 0.15) is 5.60 Å². The summed E-state index contributed by atoms with van der Waals surface area (Å²) in [7, 11) is 0. The summed E-state index contributed by atoms with van der Waals surface area (Å²) in [6.07, 6.45) is 9.13. The number of carbonyl (C=O) groups excluding carboxylic acids is 2. The zero-order valence-corrected chi connectivity index (χ0v) is 24.9. The standard InChI is InChI=1S/C32H44F2N2O4/c1-26(2)10-12-32(36-25(38)31(7,33)34)13-11-29(5)23(19(32)16-26)20(37)14-22-27(3)15-18-17-35-40-24(18)30(6,39)21(27)8-9-28(22,29)4/h14,17,19,21,23,39H,8-13,15-16H2,1-7H3,(H,36,38)/t19-,21+,23-,27-,28+,29+,30-,32-/m0/s1. The predicted molar refractivity (Wildman–Crippen MR) is 145 cm³/mol. The van der Waals surface area contributed by atoms with Crippen LogP contribution in [-0.2, 0) is 21.6 Å². The van der Waals surface area contributed by atoms with Gasteiger partial charge in [0.25, 0.3) is 5.91 Å². The second kappa shape index (κ2) is 8.05. The van der Waals surface area contributed by atoms with Crippen LogP contribution in [0.3, 0.4) is 0 Å². The van der Waals surface area contributed by atoms with E-state index < -0.39 is 33.8 Å². The Kier molecular flexibility index (Phi) is 5.64. The molecule has 8 heteroatoms. The van der Waals surface area contributed by atoms with Crippen LogP contribution in [0, 0.1) is 39.4 Å². The van der Waals surface area contributed by atoms with Gasteiger partial charge in [-0.25, -0.2) is 0 Å². The van der Waals surface area contributed by atoms with Crippen LogP contribution >= 0.6 is 0 Å². The maximum absolute atomic E-state index is 14.5. The van der Waals surface area contributed by atoms with E-state index >= 15 is 0 Å². The molecule has 5 aliphatic carbocycles. The van der Waals surface area contributed by atoms with Gasteiger partial charge in [-0.15, -0.1) is 0 Å². The smallest absolute Gasteiger partial charge is 0.321 e. The van der Waals surface area contributed by atoms with Gasteiger partial charge in [-0.05, 0) is 91.9 Å². The fourth-order valence-corrected chi connectivity index (χ4v) is 10.5. The van der Waals surface area contributed by atoms with E-state index in [0.29, 0.717) is 44.8 Å². The van der Waals surface area contributed by atoms with Crippen molar-refractivity contribution in [1.29, 1.82) is 0 Å². The van der Waals surface area contributed by atoms with Gasteiger partial charge in [0.2, 0.25) is 0 Å². The average Bonchev–Trinajstić information content (AvgIpc) is 3.29. The molecule has 2 N–H and O–H groups in total. The van der Waals surface area contributed by atoms with Gasteiger partial charge in [-0.1, -0.05) is 45.3 Å². The van der Waals surface area contributed by atoms with E-state index in [2.05, 4.69) is 45.1 Å². The number of halogens is 2. The zero-order chi connectivity index (χ0) is 29.3. The summed E-state index contributed by atoms with van der Waals surface area (Å²) in [5.74, 6) is -4.89. The lowest BCUT2D eigenvalue weighted by Gasteiger charge is -2.69. The number of alkyl halides is 2. The fourth-order valence-electron chi connectivity index (χ4n) is 10.5. The summed E-state index contributed by atoms with van der Waals surface area (Å²) in [6.45, 7) is 13.5. The first-order chi connectivity index (χ1) is 18.3. The molecule has 0 radical (unpaired) electrons. The Hall–Kier alpha value is -2.09. The number of fused-ring (bicyclic) bond motifs is 8. The summed E-state index contributed by atoms with van der Waals surface area (Å²) in [6, 6.07) is 0. The van der Waals surface area contributed by atoms with Gasteiger partial charge in [-0.3, -0.25) is 9.59 Å². The number of carbonyl (C=O) groups is 2. The van der Waals surface area contributed by atoms with Crippen LogP contribution in [0.4, 0.5) is 8.78 Å². The minimum atomic E-state index is -3.48. The van der Waals surface area contributed by atoms with E-state index in [0.717, 1.165) is 30.4 Å². The van der Waals surface area contributed by atoms with Crippen LogP contribution in [0.25, 0.3) is 0 Å². The van der Waals surface area contributed by atoms with Crippen molar-refractivity contribution < 1.29 is 28.0 Å². The highest BCUT2D eigenvalue weighted by atomic mass is 19.3. The third-order valence-corrected chi connectivity index (χ3v) is 12.8. The van der Waals surface area contributed by atoms with Crippen molar-refractivity contribution in [2.75, 3.05) is 0 Å². The van der Waals surface area contributed by atoms with Crippen molar-refractivity contribution in [3.63, 3.8) is 0 Å². The summed E-state index contributed by atoms with van der Waals surface area (Å²) in [4.78, 5) is 27.2. The van der Waals surface area contributed by atoms with Gasteiger partial charge >= 0.3 is 5.92 Å². The van der Waals surface area contributed by atoms with Crippen molar-refractivity contribution in [2.24, 2.45) is 39.4 Å². The minimum Gasteiger partial charge on any atom is -0.382 e. The number of aromatic nitrogens is 1. The summed E-state index contributed by atoms with van der Waals surface area (Å²) in [5, 5.41) is 18.6. The highest BCUT2D eigenvalue weighted by Gasteiger charge is 2.70. The Bertz CT molecular complexity index is 1310. The van der Waals surface area contributed by atoms with Crippen LogP contribution in [0.15, 0.2) is 22.4 Å². The first-order valence-electron chi connectivity index (χ1n) is 14.9. The Balaban J connectivity index is 1.47. The van der Waals surface area contributed by atoms with Crippen molar-refractivity contribution in [2.45, 2.75) is 117 Å². The first-order valence-corrected chi connectivity index (χ1v) is 14.9. The minimum absolute atomic E-state index is 0.0388. The molecule has 0 saturated heterocycles. The molecular weight excluding hydrogens is 514 g/mol. The number of nitrogens with zero attached hydrogens (tertiary/aromatic N) is 1. The molecule has 0 aliphatic heterocycles. The lowest BCUT2D eigenvalue weighted by Crippen LogP contribution is -2.70. The topological polar surface area (TPSA) is 92.4 Å². The van der Waals surface area contributed by atoms with Gasteiger partial charge < -0.3 is 14.9 Å². The van der Waals surface area contributed by atoms with Crippen molar-refractivity contribution in [3.8, 4) is 0 Å². The van der Waals surface area contributed by atoms with E-state index in [1.54, 1.807) is 6.20 Å². The largest absolute Gasteiger partial charge is 0.382 e. The van der Waals surface area contributed by atoms with Crippen LogP contribution in [-0.4, -0.2) is 33.4 Å². The van der Waals surface area contributed by atoms with Crippen LogP contribution < -0.4 is 5.32 Å². The van der Waals surface area contributed by atoms with Crippen LogP contribution in [0.1, 0.15) is 105 Å². The monoisotopic (exact) mass is 558 g/mol. The average molecular weight is 559 g/mol. The molecule has 6 nitrogen and oxygen atoms in total. The maximum Gasteiger partial charge on any atom is 0.321 e. The fraction of sp³-hybridized carbons (Fsp3) is 0.781. The molecule has 0 unspecified atom stereocenters. The highest BCUT2D eigenvalue weighted by molar-refractivity contribution is 5.96. The normalized spacial score (nSPS) is 45.7. The van der Waals surface area contributed by atoms with E-state index in [1.165, 1.54) is 0 Å². The molecule has 0 spiro atoms. The third-order valence-electron chi connectivity index (χ3n) is 12.8. The number of amides is 1. The van der Waals surface area contributed by atoms with E-state index in [1.807, 2.05) is 13.0 Å². The number of hydrogen-bond donors (Lipinski definition) is 2. The quantitative estimate of drug-likeness (QED) is 0.456. The van der Waals surface area contributed by atoms with Crippen molar-refractivity contribution in [3.05, 3.63) is 29.2 Å². The van der Waals surface area contributed by atoms with Gasteiger partial charge in [0, 0.05) is 29.9 Å². The number of aliphatic hydroxyl groups is 1. The van der Waals surface area contributed by atoms with Gasteiger partial charge in [0.05, 0.1) is 6.20 Å². The predicted octanol–water partition coefficient (Wildman–Crippen LogP) is 6.12. The Morgan fingerprint density at radius 1 is 1.10 bits per heavy atom. The number of nitrogens with one attached hydrogen (secondary N) is 1. The molecule has 1 amide bonds. The second-order valence-corrected chi connectivity index (χ2v) is 15.7. The summed E-state index contributed by atoms with van der Waals surface area (Å²) < 4.78 is 33.9. The van der Waals surface area contributed by atoms with E-state index in [4.69, 9.17) is 4.52 Å². The lowest BCUT2D eigenvalue weighted by molar-refractivity contribution is -0.175. The molecule has 3 fully saturated rings. The number of hydrogen-bond acceptors (Lipinski definition) is 5. The van der Waals surface area contributed by atoms with Crippen molar-refractivity contribution in [1.82, 2.24) is 10.5 Å². The molecule has 0 bridgehead atoms. The molecule has 8 atom stereocenters. The first kappa shape index (κ1) is 28.0. The molecule has 1 heterocycles. The summed E-state index contributed by atoms with van der Waals surface area (Å²) >= 11 is 0.